The number of Topliss-reactive ketones (excluding diaryl/α,β-unsaturated/α-hetero) is 1. The predicted molar refractivity (Wildman–Crippen MR) is 92.1 cm³/mol. The van der Waals surface area contributed by atoms with Crippen LogP contribution in [-0.2, 0) is 19.1 Å². The van der Waals surface area contributed by atoms with Crippen molar-refractivity contribution >= 4 is 23.3 Å². The van der Waals surface area contributed by atoms with Gasteiger partial charge < -0.3 is 4.74 Å². The third kappa shape index (κ3) is 1.16. The summed E-state index contributed by atoms with van der Waals surface area (Å²) in [6.45, 7) is 4.27. The lowest BCUT2D eigenvalue weighted by Gasteiger charge is -2.43. The molecular weight excluding hydrogens is 330 g/mol. The predicted octanol–water partition coefficient (Wildman–Crippen LogP) is 2.40. The fraction of sp³-hybridized carbons (Fsp3) is 0.476. The van der Waals surface area contributed by atoms with Gasteiger partial charge in [0.1, 0.15) is 11.7 Å². The maximum atomic E-state index is 13.4. The molecule has 3 heterocycles. The van der Waals surface area contributed by atoms with Gasteiger partial charge in [-0.05, 0) is 42.7 Å². The van der Waals surface area contributed by atoms with E-state index in [1.807, 2.05) is 6.07 Å². The molecule has 5 nitrogen and oxygen atoms in total. The second kappa shape index (κ2) is 4.01. The molecule has 1 aromatic rings. The van der Waals surface area contributed by atoms with Crippen LogP contribution in [0.25, 0.3) is 0 Å². The summed E-state index contributed by atoms with van der Waals surface area (Å²) in [5.41, 5.74) is -0.426. The Hall–Kier alpha value is -2.27. The molecule has 0 radical (unpaired) electrons. The van der Waals surface area contributed by atoms with Crippen molar-refractivity contribution in [2.45, 2.75) is 44.8 Å². The number of carbonyl (C=O) groups excluding carboxylic acids is 3. The second-order valence-corrected chi connectivity index (χ2v) is 8.83. The molecule has 5 heteroatoms. The van der Waals surface area contributed by atoms with E-state index in [0.717, 1.165) is 12.8 Å². The van der Waals surface area contributed by atoms with Crippen LogP contribution in [0.5, 0.6) is 0 Å². The zero-order valence-electron chi connectivity index (χ0n) is 14.7. The average molecular weight is 349 g/mol. The third-order valence-electron chi connectivity index (χ3n) is 7.99. The van der Waals surface area contributed by atoms with Gasteiger partial charge in [0, 0.05) is 0 Å². The molecule has 2 amide bonds. The molecule has 0 aromatic heterocycles. The van der Waals surface area contributed by atoms with Crippen molar-refractivity contribution in [2.75, 3.05) is 4.90 Å². The maximum Gasteiger partial charge on any atom is 0.264 e. The molecule has 132 valence electrons. The Morgan fingerprint density at radius 1 is 1.08 bits per heavy atom. The smallest absolute Gasteiger partial charge is 0.264 e. The lowest BCUT2D eigenvalue weighted by Crippen LogP contribution is -2.53. The number of ketones is 1. The minimum Gasteiger partial charge on any atom is -0.353 e. The van der Waals surface area contributed by atoms with Crippen LogP contribution >= 0.6 is 0 Å². The molecule has 5 aliphatic rings. The molecule has 3 fully saturated rings. The molecular formula is C21H19NO4. The molecule has 1 aromatic carbocycles. The Morgan fingerprint density at radius 3 is 2.50 bits per heavy atom. The lowest BCUT2D eigenvalue weighted by atomic mass is 9.56. The molecule has 1 saturated heterocycles. The first-order valence-electron chi connectivity index (χ1n) is 9.27. The van der Waals surface area contributed by atoms with Crippen molar-refractivity contribution in [1.82, 2.24) is 0 Å². The fourth-order valence-electron chi connectivity index (χ4n) is 6.85. The number of anilines is 1. The van der Waals surface area contributed by atoms with E-state index >= 15 is 0 Å². The average Bonchev–Trinajstić information content (AvgIpc) is 3.30. The monoisotopic (exact) mass is 349 g/mol. The molecule has 26 heavy (non-hydrogen) atoms. The van der Waals surface area contributed by atoms with Crippen molar-refractivity contribution in [3.8, 4) is 0 Å². The van der Waals surface area contributed by atoms with Gasteiger partial charge in [-0.15, -0.1) is 0 Å². The lowest BCUT2D eigenvalue weighted by molar-refractivity contribution is -0.133. The van der Waals surface area contributed by atoms with Crippen LogP contribution in [0.4, 0.5) is 5.69 Å². The highest BCUT2D eigenvalue weighted by Gasteiger charge is 2.85. The maximum absolute atomic E-state index is 13.4. The number of hydrogen-bond acceptors (Lipinski definition) is 4. The van der Waals surface area contributed by atoms with Gasteiger partial charge in [0.25, 0.3) is 11.8 Å². The summed E-state index contributed by atoms with van der Waals surface area (Å²) in [4.78, 5) is 41.1. The van der Waals surface area contributed by atoms with E-state index in [1.54, 1.807) is 24.3 Å². The topological polar surface area (TPSA) is 63.7 Å². The summed E-state index contributed by atoms with van der Waals surface area (Å²) in [6.07, 6.45) is 1.55. The highest BCUT2D eigenvalue weighted by Crippen LogP contribution is 2.79. The van der Waals surface area contributed by atoms with E-state index in [1.165, 1.54) is 4.90 Å². The first kappa shape index (κ1) is 14.9. The third-order valence-corrected chi connectivity index (χ3v) is 7.99. The summed E-state index contributed by atoms with van der Waals surface area (Å²) in [5, 5.41) is 0. The van der Waals surface area contributed by atoms with Gasteiger partial charge >= 0.3 is 0 Å². The van der Waals surface area contributed by atoms with Crippen LogP contribution < -0.4 is 4.90 Å². The number of ether oxygens (including phenoxy) is 1. The van der Waals surface area contributed by atoms with Crippen LogP contribution in [0.15, 0.2) is 41.5 Å². The van der Waals surface area contributed by atoms with E-state index in [2.05, 4.69) is 13.8 Å². The van der Waals surface area contributed by atoms with Crippen LogP contribution in [0.1, 0.15) is 33.1 Å². The van der Waals surface area contributed by atoms with E-state index in [-0.39, 0.29) is 23.0 Å². The quantitative estimate of drug-likeness (QED) is 0.731. The number of benzene rings is 1. The van der Waals surface area contributed by atoms with Crippen LogP contribution in [0, 0.1) is 16.7 Å². The van der Waals surface area contributed by atoms with Gasteiger partial charge in [0.15, 0.2) is 5.78 Å². The van der Waals surface area contributed by atoms with Crippen LogP contribution in [-0.4, -0.2) is 29.3 Å². The Balaban J connectivity index is 1.57. The summed E-state index contributed by atoms with van der Waals surface area (Å²) in [5.74, 6) is -0.319. The fourth-order valence-corrected chi connectivity index (χ4v) is 6.85. The normalized spacial score (nSPS) is 41.5. The van der Waals surface area contributed by atoms with Gasteiger partial charge in [-0.25, -0.2) is 4.90 Å². The van der Waals surface area contributed by atoms with Gasteiger partial charge in [0.05, 0.1) is 22.2 Å². The largest absolute Gasteiger partial charge is 0.353 e. The van der Waals surface area contributed by atoms with Gasteiger partial charge in [-0.1, -0.05) is 32.0 Å². The van der Waals surface area contributed by atoms with Crippen molar-refractivity contribution in [1.29, 1.82) is 0 Å². The number of carbonyl (C=O) groups is 3. The molecule has 0 N–H and O–H groups in total. The number of amides is 2. The van der Waals surface area contributed by atoms with Gasteiger partial charge in [-0.2, -0.15) is 0 Å². The summed E-state index contributed by atoms with van der Waals surface area (Å²) < 4.78 is 6.26. The standard InChI is InChI=1S/C21H19NO4/c1-19(2)11-8-9-20(19)16(23)15-13-14(21(20,10-11)26-15)18(25)22(17(13)24)12-6-4-3-5-7-12/h3-7,11,15H,8-10H2,1-2H3/t11-,15-,20+,21+/m0/s1. The van der Waals surface area contributed by atoms with Gasteiger partial charge in [-0.3, -0.25) is 14.4 Å². The summed E-state index contributed by atoms with van der Waals surface area (Å²) in [7, 11) is 0. The first-order chi connectivity index (χ1) is 12.4. The van der Waals surface area contributed by atoms with Crippen molar-refractivity contribution in [3.63, 3.8) is 0 Å². The Kier molecular flexibility index (Phi) is 2.29. The van der Waals surface area contributed by atoms with E-state index in [9.17, 15) is 14.4 Å². The number of para-hydroxylation sites is 1. The molecule has 3 aliphatic heterocycles. The van der Waals surface area contributed by atoms with E-state index in [0.29, 0.717) is 29.2 Å². The number of imide groups is 1. The highest BCUT2D eigenvalue weighted by atomic mass is 16.5. The number of nitrogens with zero attached hydrogens (tertiary/aromatic N) is 1. The summed E-state index contributed by atoms with van der Waals surface area (Å²) >= 11 is 0. The molecule has 0 unspecified atom stereocenters. The van der Waals surface area contributed by atoms with Crippen molar-refractivity contribution < 1.29 is 19.1 Å². The number of hydrogen-bond donors (Lipinski definition) is 0. The zero-order chi connectivity index (χ0) is 18.1. The molecule has 2 saturated carbocycles. The first-order valence-corrected chi connectivity index (χ1v) is 9.27. The minimum atomic E-state index is -0.896. The number of rotatable bonds is 1. The molecule has 4 bridgehead atoms. The minimum absolute atomic E-state index is 0.0253. The molecule has 6 rings (SSSR count). The molecule has 2 spiro atoms. The van der Waals surface area contributed by atoms with Crippen LogP contribution in [0.3, 0.4) is 0 Å². The Labute approximate surface area is 151 Å². The zero-order valence-corrected chi connectivity index (χ0v) is 14.7. The Bertz CT molecular complexity index is 961. The Morgan fingerprint density at radius 2 is 1.81 bits per heavy atom. The van der Waals surface area contributed by atoms with E-state index < -0.39 is 17.1 Å². The molecule has 2 aliphatic carbocycles. The molecule has 4 atom stereocenters. The number of fused-ring (bicyclic) bond motifs is 3. The summed E-state index contributed by atoms with van der Waals surface area (Å²) in [6, 6.07) is 8.95. The van der Waals surface area contributed by atoms with Crippen LogP contribution in [0.2, 0.25) is 0 Å². The van der Waals surface area contributed by atoms with Crippen molar-refractivity contribution in [3.05, 3.63) is 41.5 Å². The van der Waals surface area contributed by atoms with Crippen molar-refractivity contribution in [2.24, 2.45) is 16.7 Å². The van der Waals surface area contributed by atoms with E-state index in [4.69, 9.17) is 4.74 Å². The SMILES string of the molecule is CC1(C)[C@H]2CC[C@@]13C(=O)[C@H]1O[C@]3(C2)C2=C1C(=O)N(c1ccccc1)C2=O. The van der Waals surface area contributed by atoms with Gasteiger partial charge in [0.2, 0.25) is 0 Å². The highest BCUT2D eigenvalue weighted by molar-refractivity contribution is 6.37. The second-order valence-electron chi connectivity index (χ2n) is 8.83.